The van der Waals surface area contributed by atoms with Crippen molar-refractivity contribution in [1.29, 1.82) is 0 Å². The van der Waals surface area contributed by atoms with E-state index in [-0.39, 0.29) is 0 Å². The first-order valence-electron chi connectivity index (χ1n) is 7.01. The third-order valence-corrected chi connectivity index (χ3v) is 3.11. The van der Waals surface area contributed by atoms with Crippen molar-refractivity contribution in [2.24, 2.45) is 0 Å². The molecule has 1 unspecified atom stereocenters. The monoisotopic (exact) mass is 237 g/mol. The topological polar surface area (TPSA) is 29.9 Å². The van der Waals surface area contributed by atoms with Gasteiger partial charge in [0.1, 0.15) is 5.82 Å². The van der Waals surface area contributed by atoms with Crippen LogP contribution in [-0.4, -0.2) is 22.1 Å². The third-order valence-electron chi connectivity index (χ3n) is 3.11. The second-order valence-electron chi connectivity index (χ2n) is 4.74. The second-order valence-corrected chi connectivity index (χ2v) is 4.74. The molecule has 17 heavy (non-hydrogen) atoms. The molecule has 0 aromatic carbocycles. The first kappa shape index (κ1) is 14.2. The van der Waals surface area contributed by atoms with Crippen LogP contribution in [0.3, 0.4) is 0 Å². The largest absolute Gasteiger partial charge is 0.335 e. The Morgan fingerprint density at radius 1 is 1.35 bits per heavy atom. The van der Waals surface area contributed by atoms with Crippen molar-refractivity contribution in [3.8, 4) is 0 Å². The molecule has 0 aliphatic carbocycles. The van der Waals surface area contributed by atoms with E-state index >= 15 is 0 Å². The number of nitrogens with zero attached hydrogens (tertiary/aromatic N) is 2. The quantitative estimate of drug-likeness (QED) is 0.669. The Balaban J connectivity index is 2.19. The third kappa shape index (κ3) is 5.35. The van der Waals surface area contributed by atoms with Crippen LogP contribution in [0.25, 0.3) is 0 Å². The van der Waals surface area contributed by atoms with Crippen LogP contribution in [0.5, 0.6) is 0 Å². The van der Waals surface area contributed by atoms with Gasteiger partial charge >= 0.3 is 0 Å². The molecule has 0 radical (unpaired) electrons. The fourth-order valence-electron chi connectivity index (χ4n) is 2.18. The van der Waals surface area contributed by atoms with Gasteiger partial charge in [0.2, 0.25) is 0 Å². The molecule has 0 saturated heterocycles. The fourth-order valence-corrected chi connectivity index (χ4v) is 2.18. The molecule has 0 bridgehead atoms. The summed E-state index contributed by atoms with van der Waals surface area (Å²) >= 11 is 0. The van der Waals surface area contributed by atoms with E-state index in [1.54, 1.807) is 0 Å². The zero-order chi connectivity index (χ0) is 12.5. The summed E-state index contributed by atoms with van der Waals surface area (Å²) in [5.41, 5.74) is 0. The molecule has 3 heteroatoms. The van der Waals surface area contributed by atoms with Crippen LogP contribution in [0.15, 0.2) is 12.4 Å². The van der Waals surface area contributed by atoms with E-state index in [1.165, 1.54) is 31.5 Å². The van der Waals surface area contributed by atoms with E-state index in [1.807, 2.05) is 6.20 Å². The molecule has 0 amide bonds. The minimum atomic E-state index is 0.651. The van der Waals surface area contributed by atoms with E-state index in [2.05, 4.69) is 41.8 Å². The summed E-state index contributed by atoms with van der Waals surface area (Å²) in [7, 11) is 0. The van der Waals surface area contributed by atoms with Crippen LogP contribution in [-0.2, 0) is 13.0 Å². The van der Waals surface area contributed by atoms with Gasteiger partial charge in [0.05, 0.1) is 0 Å². The SMILES string of the molecule is CCCc1nccn1CCCCC(C)NCC. The average molecular weight is 237 g/mol. The lowest BCUT2D eigenvalue weighted by atomic mass is 10.1. The summed E-state index contributed by atoms with van der Waals surface area (Å²) in [4.78, 5) is 4.40. The van der Waals surface area contributed by atoms with E-state index in [0.717, 1.165) is 19.5 Å². The maximum atomic E-state index is 4.40. The Labute approximate surface area is 106 Å². The number of aromatic nitrogens is 2. The lowest BCUT2D eigenvalue weighted by Crippen LogP contribution is -2.25. The number of hydrogen-bond acceptors (Lipinski definition) is 2. The number of unbranched alkanes of at least 4 members (excludes halogenated alkanes) is 1. The Hall–Kier alpha value is -0.830. The van der Waals surface area contributed by atoms with Crippen molar-refractivity contribution in [1.82, 2.24) is 14.9 Å². The molecule has 1 heterocycles. The van der Waals surface area contributed by atoms with Crippen LogP contribution in [0.2, 0.25) is 0 Å². The Kier molecular flexibility index (Phi) is 6.94. The van der Waals surface area contributed by atoms with Crippen molar-refractivity contribution in [2.75, 3.05) is 6.54 Å². The van der Waals surface area contributed by atoms with Gasteiger partial charge in [-0.3, -0.25) is 0 Å². The summed E-state index contributed by atoms with van der Waals surface area (Å²) in [6.07, 6.45) is 10.1. The number of rotatable bonds is 9. The van der Waals surface area contributed by atoms with Crippen LogP contribution in [0.1, 0.15) is 52.3 Å². The van der Waals surface area contributed by atoms with Gasteiger partial charge in [-0.1, -0.05) is 20.3 Å². The van der Waals surface area contributed by atoms with Crippen LogP contribution >= 0.6 is 0 Å². The maximum Gasteiger partial charge on any atom is 0.108 e. The normalized spacial score (nSPS) is 12.9. The van der Waals surface area contributed by atoms with Crippen LogP contribution in [0, 0.1) is 0 Å². The summed E-state index contributed by atoms with van der Waals surface area (Å²) in [5.74, 6) is 1.24. The molecule has 1 aromatic heterocycles. The number of nitrogens with one attached hydrogen (secondary N) is 1. The zero-order valence-corrected chi connectivity index (χ0v) is 11.6. The molecule has 0 aliphatic heterocycles. The second kappa shape index (κ2) is 8.29. The van der Waals surface area contributed by atoms with Gasteiger partial charge in [-0.05, 0) is 32.7 Å². The Bertz CT molecular complexity index is 293. The van der Waals surface area contributed by atoms with Gasteiger partial charge in [0.15, 0.2) is 0 Å². The first-order chi connectivity index (χ1) is 8.27. The molecule has 0 saturated carbocycles. The molecular formula is C14H27N3. The van der Waals surface area contributed by atoms with Crippen molar-refractivity contribution in [2.45, 2.75) is 65.5 Å². The van der Waals surface area contributed by atoms with E-state index in [0.29, 0.717) is 6.04 Å². The smallest absolute Gasteiger partial charge is 0.108 e. The molecule has 1 aromatic rings. The van der Waals surface area contributed by atoms with E-state index < -0.39 is 0 Å². The van der Waals surface area contributed by atoms with Crippen molar-refractivity contribution >= 4 is 0 Å². The number of hydrogen-bond donors (Lipinski definition) is 1. The predicted molar refractivity (Wildman–Crippen MR) is 73.2 cm³/mol. The van der Waals surface area contributed by atoms with Gasteiger partial charge in [-0.15, -0.1) is 0 Å². The van der Waals surface area contributed by atoms with Gasteiger partial charge in [0.25, 0.3) is 0 Å². The average Bonchev–Trinajstić information content (AvgIpc) is 2.73. The van der Waals surface area contributed by atoms with Crippen molar-refractivity contribution in [3.05, 3.63) is 18.2 Å². The minimum Gasteiger partial charge on any atom is -0.335 e. The molecule has 1 rings (SSSR count). The molecule has 1 atom stereocenters. The Morgan fingerprint density at radius 2 is 2.18 bits per heavy atom. The molecule has 98 valence electrons. The molecule has 0 fully saturated rings. The van der Waals surface area contributed by atoms with Crippen molar-refractivity contribution < 1.29 is 0 Å². The van der Waals surface area contributed by atoms with E-state index in [9.17, 15) is 0 Å². The lowest BCUT2D eigenvalue weighted by molar-refractivity contribution is 0.481. The molecule has 0 aliphatic rings. The minimum absolute atomic E-state index is 0.651. The summed E-state index contributed by atoms with van der Waals surface area (Å²) in [6, 6.07) is 0.651. The highest BCUT2D eigenvalue weighted by atomic mass is 15.1. The number of imidazole rings is 1. The molecular weight excluding hydrogens is 210 g/mol. The van der Waals surface area contributed by atoms with E-state index in [4.69, 9.17) is 0 Å². The highest BCUT2D eigenvalue weighted by Gasteiger charge is 2.02. The van der Waals surface area contributed by atoms with Crippen LogP contribution < -0.4 is 5.32 Å². The molecule has 3 nitrogen and oxygen atoms in total. The first-order valence-corrected chi connectivity index (χ1v) is 7.01. The zero-order valence-electron chi connectivity index (χ0n) is 11.6. The van der Waals surface area contributed by atoms with Crippen molar-refractivity contribution in [3.63, 3.8) is 0 Å². The lowest BCUT2D eigenvalue weighted by Gasteiger charge is -2.12. The van der Waals surface area contributed by atoms with Gasteiger partial charge < -0.3 is 9.88 Å². The number of aryl methyl sites for hydroxylation is 2. The summed E-state index contributed by atoms with van der Waals surface area (Å²) < 4.78 is 2.31. The Morgan fingerprint density at radius 3 is 2.88 bits per heavy atom. The predicted octanol–water partition coefficient (Wildman–Crippen LogP) is 3.00. The molecule has 1 N–H and O–H groups in total. The maximum absolute atomic E-state index is 4.40. The van der Waals surface area contributed by atoms with Gasteiger partial charge in [-0.25, -0.2) is 4.98 Å². The summed E-state index contributed by atoms with van der Waals surface area (Å²) in [6.45, 7) is 8.83. The highest BCUT2D eigenvalue weighted by molar-refractivity contribution is 4.92. The fraction of sp³-hybridized carbons (Fsp3) is 0.786. The van der Waals surface area contributed by atoms with Crippen LogP contribution in [0.4, 0.5) is 0 Å². The standard InChI is InChI=1S/C14H27N3/c1-4-8-14-16-10-12-17(14)11-7-6-9-13(3)15-5-2/h10,12-13,15H,4-9,11H2,1-3H3. The summed E-state index contributed by atoms with van der Waals surface area (Å²) in [5, 5.41) is 3.45. The van der Waals surface area contributed by atoms with Gasteiger partial charge in [-0.2, -0.15) is 0 Å². The van der Waals surface area contributed by atoms with Gasteiger partial charge in [0, 0.05) is 31.4 Å². The highest BCUT2D eigenvalue weighted by Crippen LogP contribution is 2.06. The molecule has 0 spiro atoms.